The molecule has 1 saturated carbocycles. The first-order valence-corrected chi connectivity index (χ1v) is 7.97. The fourth-order valence-corrected chi connectivity index (χ4v) is 4.18. The Morgan fingerprint density at radius 2 is 1.89 bits per heavy atom. The average molecular weight is 266 g/mol. The first-order valence-electron chi connectivity index (χ1n) is 7.97. The molecule has 2 aliphatic heterocycles. The predicted octanol–water partition coefficient (Wildman–Crippen LogP) is 1.28. The molecule has 2 saturated heterocycles. The summed E-state index contributed by atoms with van der Waals surface area (Å²) in [5.74, 6) is 0.969. The molecule has 3 atom stereocenters. The minimum absolute atomic E-state index is 0.140. The van der Waals surface area contributed by atoms with Crippen LogP contribution in [0, 0.1) is 5.92 Å². The number of aliphatic hydroxyl groups is 1. The van der Waals surface area contributed by atoms with Crippen molar-refractivity contribution in [2.75, 3.05) is 13.1 Å². The van der Waals surface area contributed by atoms with Gasteiger partial charge in [0.2, 0.25) is 5.91 Å². The highest BCUT2D eigenvalue weighted by atomic mass is 16.3. The zero-order chi connectivity index (χ0) is 13.2. The number of hydrogen-bond acceptors (Lipinski definition) is 3. The predicted molar refractivity (Wildman–Crippen MR) is 73.7 cm³/mol. The number of hydrogen-bond donors (Lipinski definition) is 2. The second-order valence-electron chi connectivity index (χ2n) is 6.49. The maximum Gasteiger partial charge on any atom is 0.240 e. The van der Waals surface area contributed by atoms with E-state index in [4.69, 9.17) is 0 Å². The first kappa shape index (κ1) is 13.4. The first-order chi connectivity index (χ1) is 9.25. The second-order valence-corrected chi connectivity index (χ2v) is 6.49. The van der Waals surface area contributed by atoms with Crippen LogP contribution in [0.5, 0.6) is 0 Å². The zero-order valence-corrected chi connectivity index (χ0v) is 11.7. The van der Waals surface area contributed by atoms with Gasteiger partial charge in [-0.15, -0.1) is 0 Å². The minimum atomic E-state index is -0.343. The van der Waals surface area contributed by atoms with E-state index in [9.17, 15) is 9.90 Å². The standard InChI is InChI=1S/C15H26N2O2/c18-12-9-13(16-10-12)15(19)17-8-4-7-14(17)11-5-2-1-3-6-11/h11-14,16,18H,1-10H2. The van der Waals surface area contributed by atoms with Gasteiger partial charge >= 0.3 is 0 Å². The van der Waals surface area contributed by atoms with Crippen molar-refractivity contribution in [2.24, 2.45) is 5.92 Å². The molecule has 0 aromatic rings. The highest BCUT2D eigenvalue weighted by molar-refractivity contribution is 5.83. The van der Waals surface area contributed by atoms with Gasteiger partial charge in [0.05, 0.1) is 12.1 Å². The van der Waals surface area contributed by atoms with Crippen molar-refractivity contribution in [1.82, 2.24) is 10.2 Å². The van der Waals surface area contributed by atoms with E-state index in [2.05, 4.69) is 10.2 Å². The van der Waals surface area contributed by atoms with Gasteiger partial charge in [0.15, 0.2) is 0 Å². The van der Waals surface area contributed by atoms with Crippen molar-refractivity contribution in [2.45, 2.75) is 69.6 Å². The largest absolute Gasteiger partial charge is 0.392 e. The van der Waals surface area contributed by atoms with Crippen LogP contribution in [0.1, 0.15) is 51.4 Å². The molecule has 1 amide bonds. The van der Waals surface area contributed by atoms with Crippen LogP contribution < -0.4 is 5.32 Å². The third-order valence-electron chi connectivity index (χ3n) is 5.18. The summed E-state index contributed by atoms with van der Waals surface area (Å²) < 4.78 is 0. The second kappa shape index (κ2) is 5.80. The third-order valence-corrected chi connectivity index (χ3v) is 5.18. The number of aliphatic hydroxyl groups excluding tert-OH is 1. The van der Waals surface area contributed by atoms with Crippen molar-refractivity contribution in [3.8, 4) is 0 Å². The Kier molecular flexibility index (Phi) is 4.08. The number of carbonyl (C=O) groups is 1. The number of nitrogens with zero attached hydrogens (tertiary/aromatic N) is 1. The Balaban J connectivity index is 1.63. The van der Waals surface area contributed by atoms with Crippen LogP contribution in [0.3, 0.4) is 0 Å². The molecule has 0 aromatic heterocycles. The lowest BCUT2D eigenvalue weighted by Gasteiger charge is -2.35. The van der Waals surface area contributed by atoms with Crippen LogP contribution in [-0.2, 0) is 4.79 Å². The van der Waals surface area contributed by atoms with E-state index in [0.717, 1.165) is 18.9 Å². The summed E-state index contributed by atoms with van der Waals surface area (Å²) in [6.07, 6.45) is 9.23. The van der Waals surface area contributed by atoms with Crippen LogP contribution >= 0.6 is 0 Å². The van der Waals surface area contributed by atoms with Gasteiger partial charge in [0.25, 0.3) is 0 Å². The summed E-state index contributed by atoms with van der Waals surface area (Å²) in [5, 5.41) is 12.7. The summed E-state index contributed by atoms with van der Waals surface area (Å²) in [6, 6.07) is 0.339. The molecule has 0 radical (unpaired) electrons. The SMILES string of the molecule is O=C(C1CC(O)CN1)N1CCCC1C1CCCCC1. The molecule has 108 valence electrons. The van der Waals surface area contributed by atoms with Crippen LogP contribution in [0.2, 0.25) is 0 Å². The van der Waals surface area contributed by atoms with Gasteiger partial charge < -0.3 is 15.3 Å². The molecule has 0 spiro atoms. The van der Waals surface area contributed by atoms with E-state index >= 15 is 0 Å². The van der Waals surface area contributed by atoms with Gasteiger partial charge in [-0.1, -0.05) is 19.3 Å². The van der Waals surface area contributed by atoms with E-state index in [1.54, 1.807) is 0 Å². The molecule has 3 rings (SSSR count). The summed E-state index contributed by atoms with van der Waals surface area (Å²) in [6.45, 7) is 1.49. The topological polar surface area (TPSA) is 52.6 Å². The minimum Gasteiger partial charge on any atom is -0.392 e. The summed E-state index contributed by atoms with van der Waals surface area (Å²) >= 11 is 0. The monoisotopic (exact) mass is 266 g/mol. The van der Waals surface area contributed by atoms with E-state index in [0.29, 0.717) is 19.0 Å². The Morgan fingerprint density at radius 3 is 2.58 bits per heavy atom. The fourth-order valence-electron chi connectivity index (χ4n) is 4.18. The van der Waals surface area contributed by atoms with E-state index in [-0.39, 0.29) is 18.1 Å². The van der Waals surface area contributed by atoms with Crippen LogP contribution in [0.15, 0.2) is 0 Å². The van der Waals surface area contributed by atoms with Crippen LogP contribution in [0.4, 0.5) is 0 Å². The highest BCUT2D eigenvalue weighted by Crippen LogP contribution is 2.34. The van der Waals surface area contributed by atoms with Gasteiger partial charge in [-0.2, -0.15) is 0 Å². The molecule has 3 unspecified atom stereocenters. The van der Waals surface area contributed by atoms with Gasteiger partial charge in [0.1, 0.15) is 0 Å². The van der Waals surface area contributed by atoms with Gasteiger partial charge in [0, 0.05) is 19.1 Å². The van der Waals surface area contributed by atoms with E-state index in [1.807, 2.05) is 0 Å². The summed E-state index contributed by atoms with van der Waals surface area (Å²) in [5.41, 5.74) is 0. The van der Waals surface area contributed by atoms with Gasteiger partial charge in [-0.05, 0) is 38.0 Å². The molecule has 0 bridgehead atoms. The number of rotatable bonds is 2. The zero-order valence-electron chi connectivity index (χ0n) is 11.7. The smallest absolute Gasteiger partial charge is 0.240 e. The molecular formula is C15H26N2O2. The van der Waals surface area contributed by atoms with Crippen molar-refractivity contribution < 1.29 is 9.90 Å². The molecule has 4 nitrogen and oxygen atoms in total. The third kappa shape index (κ3) is 2.79. The van der Waals surface area contributed by atoms with Gasteiger partial charge in [-0.3, -0.25) is 4.79 Å². The van der Waals surface area contributed by atoms with E-state index in [1.165, 1.54) is 38.5 Å². The molecule has 19 heavy (non-hydrogen) atoms. The molecular weight excluding hydrogens is 240 g/mol. The Hall–Kier alpha value is -0.610. The molecule has 1 aliphatic carbocycles. The molecule has 2 N–H and O–H groups in total. The molecule has 4 heteroatoms. The lowest BCUT2D eigenvalue weighted by atomic mass is 9.83. The van der Waals surface area contributed by atoms with Crippen LogP contribution in [0.25, 0.3) is 0 Å². The van der Waals surface area contributed by atoms with Crippen molar-refractivity contribution in [3.63, 3.8) is 0 Å². The van der Waals surface area contributed by atoms with Crippen molar-refractivity contribution >= 4 is 5.91 Å². The number of nitrogens with one attached hydrogen (secondary N) is 1. The summed E-state index contributed by atoms with van der Waals surface area (Å²) in [4.78, 5) is 14.7. The average Bonchev–Trinajstić information content (AvgIpc) is 3.07. The lowest BCUT2D eigenvalue weighted by Crippen LogP contribution is -2.48. The number of carbonyl (C=O) groups excluding carboxylic acids is 1. The molecule has 3 fully saturated rings. The lowest BCUT2D eigenvalue weighted by molar-refractivity contribution is -0.135. The maximum absolute atomic E-state index is 12.6. The fraction of sp³-hybridized carbons (Fsp3) is 0.933. The highest BCUT2D eigenvalue weighted by Gasteiger charge is 2.39. The number of amides is 1. The maximum atomic E-state index is 12.6. The Bertz CT molecular complexity index is 328. The Labute approximate surface area is 115 Å². The number of β-amino-alcohol motifs (C(OH)–C–C–N with tert-alkyl or cyclic N) is 1. The molecule has 3 aliphatic rings. The van der Waals surface area contributed by atoms with Crippen molar-refractivity contribution in [1.29, 1.82) is 0 Å². The van der Waals surface area contributed by atoms with Crippen LogP contribution in [-0.4, -0.2) is 47.2 Å². The van der Waals surface area contributed by atoms with Gasteiger partial charge in [-0.25, -0.2) is 0 Å². The van der Waals surface area contributed by atoms with Crippen molar-refractivity contribution in [3.05, 3.63) is 0 Å². The Morgan fingerprint density at radius 1 is 1.11 bits per heavy atom. The normalized spacial score (nSPS) is 36.9. The molecule has 0 aromatic carbocycles. The quantitative estimate of drug-likeness (QED) is 0.791. The number of likely N-dealkylation sites (tertiary alicyclic amines) is 1. The van der Waals surface area contributed by atoms with E-state index < -0.39 is 0 Å². The molecule has 2 heterocycles. The summed E-state index contributed by atoms with van der Waals surface area (Å²) in [7, 11) is 0.